The Morgan fingerprint density at radius 1 is 1.33 bits per heavy atom. The Kier molecular flexibility index (Phi) is 3.68. The number of hydrogen-bond acceptors (Lipinski definition) is 3. The molecular weight excluding hydrogens is 176 g/mol. The molecule has 0 heterocycles. The van der Waals surface area contributed by atoms with Crippen LogP contribution in [0.4, 0.5) is 0 Å². The summed E-state index contributed by atoms with van der Waals surface area (Å²) in [6.45, 7) is 6.28. The van der Waals surface area contributed by atoms with E-state index in [1.807, 2.05) is 20.8 Å². The van der Waals surface area contributed by atoms with E-state index in [9.17, 15) is 8.42 Å². The van der Waals surface area contributed by atoms with E-state index in [0.29, 0.717) is 13.1 Å². The zero-order valence-corrected chi connectivity index (χ0v) is 8.98. The second-order valence-electron chi connectivity index (χ2n) is 3.79. The summed E-state index contributed by atoms with van der Waals surface area (Å²) < 4.78 is 23.9. The summed E-state index contributed by atoms with van der Waals surface area (Å²) in [5.74, 6) is 0. The Morgan fingerprint density at radius 2 is 1.75 bits per heavy atom. The van der Waals surface area contributed by atoms with Crippen molar-refractivity contribution in [1.82, 2.24) is 4.31 Å². The molecule has 0 aromatic rings. The fourth-order valence-corrected chi connectivity index (χ4v) is 2.55. The van der Waals surface area contributed by atoms with Gasteiger partial charge in [0.05, 0.1) is 6.26 Å². The van der Waals surface area contributed by atoms with Crippen molar-refractivity contribution >= 4 is 10.0 Å². The van der Waals surface area contributed by atoms with Crippen LogP contribution in [0.15, 0.2) is 0 Å². The number of nitrogens with zero attached hydrogens (tertiary/aromatic N) is 1. The molecular formula is C7H18N2O2S. The van der Waals surface area contributed by atoms with Crippen molar-refractivity contribution in [2.45, 2.75) is 26.3 Å². The van der Waals surface area contributed by atoms with Crippen LogP contribution in [0, 0.1) is 0 Å². The Bertz CT molecular complexity index is 228. The molecule has 0 atom stereocenters. The van der Waals surface area contributed by atoms with E-state index in [1.54, 1.807) is 0 Å². The van der Waals surface area contributed by atoms with Crippen LogP contribution in [0.1, 0.15) is 20.8 Å². The van der Waals surface area contributed by atoms with Crippen molar-refractivity contribution in [2.24, 2.45) is 5.73 Å². The van der Waals surface area contributed by atoms with Crippen LogP contribution in [0.2, 0.25) is 0 Å². The Labute approximate surface area is 74.8 Å². The molecule has 0 aliphatic carbocycles. The van der Waals surface area contributed by atoms with Gasteiger partial charge in [-0.3, -0.25) is 0 Å². The smallest absolute Gasteiger partial charge is 0.211 e. The highest BCUT2D eigenvalue weighted by molar-refractivity contribution is 7.88. The van der Waals surface area contributed by atoms with Crippen molar-refractivity contribution in [3.05, 3.63) is 0 Å². The number of sulfonamides is 1. The summed E-state index contributed by atoms with van der Waals surface area (Å²) in [5.41, 5.74) is 4.93. The fourth-order valence-electron chi connectivity index (χ4n) is 1.12. The van der Waals surface area contributed by atoms with Crippen molar-refractivity contribution in [2.75, 3.05) is 19.3 Å². The average Bonchev–Trinajstić information content (AvgIpc) is 1.77. The number of rotatable bonds is 3. The molecule has 0 amide bonds. The topological polar surface area (TPSA) is 63.4 Å². The number of nitrogens with two attached hydrogens (primary N) is 1. The third-order valence-electron chi connectivity index (χ3n) is 1.48. The highest BCUT2D eigenvalue weighted by Crippen LogP contribution is 2.15. The minimum absolute atomic E-state index is 0.352. The summed E-state index contributed by atoms with van der Waals surface area (Å²) >= 11 is 0. The van der Waals surface area contributed by atoms with Crippen LogP contribution in [0.5, 0.6) is 0 Å². The van der Waals surface area contributed by atoms with Gasteiger partial charge in [-0.1, -0.05) is 0 Å². The van der Waals surface area contributed by atoms with Crippen LogP contribution in [-0.2, 0) is 10.0 Å². The lowest BCUT2D eigenvalue weighted by atomic mass is 10.1. The first-order valence-corrected chi connectivity index (χ1v) is 5.72. The SMILES string of the molecule is CC(C)(C)N(CCN)S(C)(=O)=O. The maximum atomic E-state index is 11.2. The Hall–Kier alpha value is -0.130. The summed E-state index contributed by atoms with van der Waals surface area (Å²) in [6.07, 6.45) is 1.20. The van der Waals surface area contributed by atoms with E-state index in [0.717, 1.165) is 0 Å². The van der Waals surface area contributed by atoms with Gasteiger partial charge in [0.15, 0.2) is 0 Å². The van der Waals surface area contributed by atoms with Gasteiger partial charge in [0.25, 0.3) is 0 Å². The van der Waals surface area contributed by atoms with Crippen molar-refractivity contribution in [1.29, 1.82) is 0 Å². The predicted molar refractivity (Wildman–Crippen MR) is 50.4 cm³/mol. The van der Waals surface area contributed by atoms with E-state index in [2.05, 4.69) is 0 Å². The van der Waals surface area contributed by atoms with Crippen LogP contribution in [0.25, 0.3) is 0 Å². The Balaban J connectivity index is 4.70. The second-order valence-corrected chi connectivity index (χ2v) is 5.70. The van der Waals surface area contributed by atoms with Gasteiger partial charge < -0.3 is 5.73 Å². The first-order chi connectivity index (χ1) is 5.19. The second kappa shape index (κ2) is 3.72. The van der Waals surface area contributed by atoms with Crippen LogP contribution in [0.3, 0.4) is 0 Å². The monoisotopic (exact) mass is 194 g/mol. The lowest BCUT2D eigenvalue weighted by Gasteiger charge is -2.32. The largest absolute Gasteiger partial charge is 0.329 e. The molecule has 74 valence electrons. The normalized spacial score (nSPS) is 13.8. The molecule has 0 radical (unpaired) electrons. The maximum absolute atomic E-state index is 11.2. The van der Waals surface area contributed by atoms with E-state index in [4.69, 9.17) is 5.73 Å². The quantitative estimate of drug-likeness (QED) is 0.688. The van der Waals surface area contributed by atoms with Gasteiger partial charge in [-0.2, -0.15) is 4.31 Å². The molecule has 0 spiro atoms. The summed E-state index contributed by atoms with van der Waals surface area (Å²) in [5, 5.41) is 0. The van der Waals surface area contributed by atoms with Crippen molar-refractivity contribution in [3.8, 4) is 0 Å². The van der Waals surface area contributed by atoms with Gasteiger partial charge in [0.2, 0.25) is 10.0 Å². The van der Waals surface area contributed by atoms with Gasteiger partial charge in [-0.25, -0.2) is 8.42 Å². The molecule has 0 aliphatic heterocycles. The third-order valence-corrected chi connectivity index (χ3v) is 3.01. The van der Waals surface area contributed by atoms with Gasteiger partial charge in [0.1, 0.15) is 0 Å². The van der Waals surface area contributed by atoms with Crippen molar-refractivity contribution < 1.29 is 8.42 Å². The lowest BCUT2D eigenvalue weighted by molar-refractivity contribution is 0.256. The molecule has 0 saturated heterocycles. The predicted octanol–water partition coefficient (Wildman–Crippen LogP) is 0.00520. The van der Waals surface area contributed by atoms with Gasteiger partial charge in [-0.05, 0) is 20.8 Å². The fraction of sp³-hybridized carbons (Fsp3) is 1.00. The molecule has 0 unspecified atom stereocenters. The van der Waals surface area contributed by atoms with E-state index in [1.165, 1.54) is 10.6 Å². The molecule has 5 heteroatoms. The van der Waals surface area contributed by atoms with Crippen LogP contribution in [-0.4, -0.2) is 37.6 Å². The highest BCUT2D eigenvalue weighted by Gasteiger charge is 2.28. The Morgan fingerprint density at radius 3 is 1.83 bits per heavy atom. The number of hydrogen-bond donors (Lipinski definition) is 1. The van der Waals surface area contributed by atoms with Gasteiger partial charge in [0, 0.05) is 18.6 Å². The van der Waals surface area contributed by atoms with Crippen LogP contribution >= 0.6 is 0 Å². The molecule has 0 fully saturated rings. The molecule has 0 rings (SSSR count). The lowest BCUT2D eigenvalue weighted by Crippen LogP contribution is -2.47. The van der Waals surface area contributed by atoms with Crippen molar-refractivity contribution in [3.63, 3.8) is 0 Å². The average molecular weight is 194 g/mol. The molecule has 2 N–H and O–H groups in total. The molecule has 0 aromatic heterocycles. The zero-order valence-electron chi connectivity index (χ0n) is 8.16. The summed E-state index contributed by atoms with van der Waals surface area (Å²) in [7, 11) is -3.13. The molecule has 0 bridgehead atoms. The standard InChI is InChI=1S/C7H18N2O2S/c1-7(2,3)9(6-5-8)12(4,10)11/h5-6,8H2,1-4H3. The maximum Gasteiger partial charge on any atom is 0.211 e. The van der Waals surface area contributed by atoms with Gasteiger partial charge >= 0.3 is 0 Å². The van der Waals surface area contributed by atoms with E-state index in [-0.39, 0.29) is 5.54 Å². The highest BCUT2D eigenvalue weighted by atomic mass is 32.2. The van der Waals surface area contributed by atoms with Gasteiger partial charge in [-0.15, -0.1) is 0 Å². The minimum Gasteiger partial charge on any atom is -0.329 e. The molecule has 0 aliphatic rings. The summed E-state index contributed by atoms with van der Waals surface area (Å²) in [6, 6.07) is 0. The molecule has 12 heavy (non-hydrogen) atoms. The van der Waals surface area contributed by atoms with Crippen LogP contribution < -0.4 is 5.73 Å². The van der Waals surface area contributed by atoms with E-state index >= 15 is 0 Å². The minimum atomic E-state index is -3.13. The molecule has 0 saturated carbocycles. The molecule has 0 aromatic carbocycles. The summed E-state index contributed by atoms with van der Waals surface area (Å²) in [4.78, 5) is 0. The first-order valence-electron chi connectivity index (χ1n) is 3.87. The zero-order chi connectivity index (χ0) is 9.99. The first kappa shape index (κ1) is 11.9. The van der Waals surface area contributed by atoms with E-state index < -0.39 is 10.0 Å². The molecule has 4 nitrogen and oxygen atoms in total. The third kappa shape index (κ3) is 3.51.